The number of aliphatic hydroxyl groups is 1. The van der Waals surface area contributed by atoms with Gasteiger partial charge in [-0.05, 0) is 0 Å². The van der Waals surface area contributed by atoms with Gasteiger partial charge in [-0.15, -0.1) is 5.01 Å². The van der Waals surface area contributed by atoms with Gasteiger partial charge in [0, 0.05) is 12.5 Å². The molecule has 0 aromatic carbocycles. The second-order valence-electron chi connectivity index (χ2n) is 2.26. The first kappa shape index (κ1) is 11.0. The molecule has 11 heavy (non-hydrogen) atoms. The van der Waals surface area contributed by atoms with E-state index in [1.807, 2.05) is 0 Å². The Morgan fingerprint density at radius 2 is 2.27 bits per heavy atom. The summed E-state index contributed by atoms with van der Waals surface area (Å²) in [5.41, 5.74) is 0. The maximum atomic E-state index is 10.4. The van der Waals surface area contributed by atoms with Crippen LogP contribution in [0.5, 0.6) is 0 Å². The second kappa shape index (κ2) is 4.76. The van der Waals surface area contributed by atoms with E-state index in [0.717, 1.165) is 0 Å². The molecule has 0 aromatic rings. The van der Waals surface area contributed by atoms with Gasteiger partial charge in [0.1, 0.15) is 0 Å². The van der Waals surface area contributed by atoms with Crippen molar-refractivity contribution in [2.24, 2.45) is 11.2 Å². The van der Waals surface area contributed by atoms with E-state index in [1.165, 1.54) is 5.01 Å². The maximum Gasteiger partial charge on any atom is 1.00 e. The Morgan fingerprint density at radius 1 is 1.73 bits per heavy atom. The van der Waals surface area contributed by atoms with E-state index in [0.29, 0.717) is 13.1 Å². The molecule has 1 fully saturated rings. The summed E-state index contributed by atoms with van der Waals surface area (Å²) in [7, 11) is 0. The van der Waals surface area contributed by atoms with Crippen molar-refractivity contribution in [3.63, 3.8) is 0 Å². The van der Waals surface area contributed by atoms with Gasteiger partial charge < -0.3 is 16.9 Å². The Bertz CT molecular complexity index is 152. The summed E-state index contributed by atoms with van der Waals surface area (Å²) in [5, 5.41) is 30.6. The molecule has 0 spiro atoms. The molecule has 6 nitrogen and oxygen atoms in total. The van der Waals surface area contributed by atoms with Crippen LogP contribution in [0.15, 0.2) is 5.28 Å². The van der Waals surface area contributed by atoms with E-state index in [-0.39, 0.29) is 48.5 Å². The average molecular weight is 171 g/mol. The molecule has 2 N–H and O–H groups in total. The molecular formula is C4H10N3NaO3. The van der Waals surface area contributed by atoms with Crippen LogP contribution in [0, 0.1) is 11.1 Å². The van der Waals surface area contributed by atoms with E-state index in [2.05, 4.69) is 5.28 Å². The van der Waals surface area contributed by atoms with Crippen molar-refractivity contribution < 1.29 is 46.3 Å². The molecule has 1 saturated heterocycles. The molecule has 1 heterocycles. The van der Waals surface area contributed by atoms with Gasteiger partial charge in [-0.25, -0.2) is 0 Å². The molecule has 1 aliphatic rings. The smallest absolute Gasteiger partial charge is 1.00 e. The van der Waals surface area contributed by atoms with Gasteiger partial charge in [0.2, 0.25) is 5.28 Å². The molecule has 0 unspecified atom stereocenters. The summed E-state index contributed by atoms with van der Waals surface area (Å²) >= 11 is 0. The molecule has 0 aromatic heterocycles. The van der Waals surface area contributed by atoms with Crippen molar-refractivity contribution in [2.75, 3.05) is 19.7 Å². The van der Waals surface area contributed by atoms with E-state index in [1.54, 1.807) is 0 Å². The first-order valence-electron chi connectivity index (χ1n) is 2.96. The zero-order valence-electron chi connectivity index (χ0n) is 7.34. The van der Waals surface area contributed by atoms with Crippen LogP contribution in [-0.2, 0) is 0 Å². The van der Waals surface area contributed by atoms with Crippen LogP contribution in [0.1, 0.15) is 1.43 Å². The second-order valence-corrected chi connectivity index (χ2v) is 2.26. The van der Waals surface area contributed by atoms with Crippen LogP contribution >= 0.6 is 0 Å². The van der Waals surface area contributed by atoms with E-state index >= 15 is 0 Å². The van der Waals surface area contributed by atoms with Crippen LogP contribution in [0.2, 0.25) is 0 Å². The third-order valence-corrected chi connectivity index (χ3v) is 1.51. The van der Waals surface area contributed by atoms with Gasteiger partial charge in [0.15, 0.2) is 0 Å². The van der Waals surface area contributed by atoms with Crippen molar-refractivity contribution in [1.82, 2.24) is 5.01 Å². The first-order valence-corrected chi connectivity index (χ1v) is 2.96. The SMILES string of the molecule is [H-].[Na+].[O-]/[N+](=N/O)N1CC(CO)C1. The molecule has 1 aliphatic heterocycles. The summed E-state index contributed by atoms with van der Waals surface area (Å²) in [6.45, 7) is 1.00. The number of aliphatic hydroxyl groups excluding tert-OH is 1. The summed E-state index contributed by atoms with van der Waals surface area (Å²) in [6.07, 6.45) is 0. The van der Waals surface area contributed by atoms with Gasteiger partial charge in [-0.3, -0.25) is 0 Å². The zero-order chi connectivity index (χ0) is 7.56. The molecule has 1 rings (SSSR count). The van der Waals surface area contributed by atoms with Crippen LogP contribution in [0.3, 0.4) is 0 Å². The van der Waals surface area contributed by atoms with E-state index < -0.39 is 0 Å². The fourth-order valence-electron chi connectivity index (χ4n) is 0.854. The number of rotatable bonds is 2. The van der Waals surface area contributed by atoms with Gasteiger partial charge in [0.25, 0.3) is 0 Å². The summed E-state index contributed by atoms with van der Waals surface area (Å²) in [6, 6.07) is 0. The molecular weight excluding hydrogens is 161 g/mol. The van der Waals surface area contributed by atoms with Crippen molar-refractivity contribution >= 4 is 0 Å². The number of hydrazine groups is 1. The number of hydrogen-bond donors (Lipinski definition) is 2. The van der Waals surface area contributed by atoms with Crippen LogP contribution < -0.4 is 29.6 Å². The molecule has 0 saturated carbocycles. The molecule has 60 valence electrons. The predicted octanol–water partition coefficient (Wildman–Crippen LogP) is -3.71. The van der Waals surface area contributed by atoms with Gasteiger partial charge in [-0.1, -0.05) is 0 Å². The predicted molar refractivity (Wildman–Crippen MR) is 31.1 cm³/mol. The van der Waals surface area contributed by atoms with Crippen molar-refractivity contribution in [2.45, 2.75) is 0 Å². The Kier molecular flexibility index (Phi) is 4.74. The van der Waals surface area contributed by atoms with Crippen LogP contribution in [-0.4, -0.2) is 40.0 Å². The number of nitrogens with zero attached hydrogens (tertiary/aromatic N) is 3. The monoisotopic (exact) mass is 171 g/mol. The molecule has 0 radical (unpaired) electrons. The van der Waals surface area contributed by atoms with E-state index in [4.69, 9.17) is 10.3 Å². The average Bonchev–Trinajstić information content (AvgIpc) is 1.85. The van der Waals surface area contributed by atoms with E-state index in [9.17, 15) is 5.21 Å². The third-order valence-electron chi connectivity index (χ3n) is 1.51. The standard InChI is InChI=1S/C4H9N3O3.Na.H/c8-3-4-1-6(2-4)7(10)5-9;;/h4,8-9H,1-3H2;;/q;+1;-1/b7-5+;;. The largest absolute Gasteiger partial charge is 1.00 e. The van der Waals surface area contributed by atoms with Gasteiger partial charge in [0.05, 0.1) is 18.1 Å². The number of hydrogen-bond acceptors (Lipinski definition) is 3. The Labute approximate surface area is 87.4 Å². The molecule has 0 bridgehead atoms. The quantitative estimate of drug-likeness (QED) is 0.194. The topological polar surface area (TPSA) is 82.1 Å². The van der Waals surface area contributed by atoms with Crippen molar-refractivity contribution in [3.05, 3.63) is 5.21 Å². The molecule has 0 atom stereocenters. The summed E-state index contributed by atoms with van der Waals surface area (Å²) in [4.78, 5) is 0.117. The van der Waals surface area contributed by atoms with Crippen molar-refractivity contribution in [1.29, 1.82) is 0 Å². The Morgan fingerprint density at radius 3 is 2.64 bits per heavy atom. The van der Waals surface area contributed by atoms with Crippen LogP contribution in [0.4, 0.5) is 0 Å². The minimum atomic E-state index is 0. The minimum absolute atomic E-state index is 0. The first-order chi connectivity index (χ1) is 4.77. The minimum Gasteiger partial charge on any atom is -1.00 e. The maximum absolute atomic E-state index is 10.4. The van der Waals surface area contributed by atoms with Gasteiger partial charge in [-0.2, -0.15) is 0 Å². The van der Waals surface area contributed by atoms with Crippen molar-refractivity contribution in [3.8, 4) is 0 Å². The Balaban J connectivity index is 0. The van der Waals surface area contributed by atoms with Crippen LogP contribution in [0.25, 0.3) is 0 Å². The summed E-state index contributed by atoms with van der Waals surface area (Å²) in [5.74, 6) is 0.151. The zero-order valence-corrected chi connectivity index (χ0v) is 8.34. The summed E-state index contributed by atoms with van der Waals surface area (Å²) < 4.78 is 0. The molecule has 7 heteroatoms. The molecule has 0 aliphatic carbocycles. The van der Waals surface area contributed by atoms with Gasteiger partial charge >= 0.3 is 29.6 Å². The Hall–Kier alpha value is -0.0400. The normalized spacial score (nSPS) is 19.0. The fraction of sp³-hybridized carbons (Fsp3) is 1.00. The fourth-order valence-corrected chi connectivity index (χ4v) is 0.854. The molecule has 0 amide bonds. The third kappa shape index (κ3) is 2.48.